The summed E-state index contributed by atoms with van der Waals surface area (Å²) in [6.45, 7) is 3.73. The molecular weight excluding hydrogens is 230 g/mol. The molecule has 1 aromatic rings. The molecule has 0 saturated carbocycles. The summed E-state index contributed by atoms with van der Waals surface area (Å²) < 4.78 is 4.81. The van der Waals surface area contributed by atoms with Crippen LogP contribution < -0.4 is 5.32 Å². The lowest BCUT2D eigenvalue weighted by Gasteiger charge is -2.06. The van der Waals surface area contributed by atoms with Crippen LogP contribution in [0.25, 0.3) is 0 Å². The summed E-state index contributed by atoms with van der Waals surface area (Å²) in [6.07, 6.45) is 2.03. The third-order valence-corrected chi connectivity index (χ3v) is 2.46. The van der Waals surface area contributed by atoms with Crippen LogP contribution in [-0.2, 0) is 20.7 Å². The van der Waals surface area contributed by atoms with Gasteiger partial charge in [-0.2, -0.15) is 0 Å². The van der Waals surface area contributed by atoms with E-state index in [1.807, 2.05) is 31.2 Å². The van der Waals surface area contributed by atoms with E-state index in [4.69, 9.17) is 4.74 Å². The first-order valence-corrected chi connectivity index (χ1v) is 6.20. The maximum atomic E-state index is 11.5. The Morgan fingerprint density at radius 3 is 2.39 bits per heavy atom. The topological polar surface area (TPSA) is 55.4 Å². The molecule has 0 spiro atoms. The molecule has 18 heavy (non-hydrogen) atoms. The number of benzene rings is 1. The Morgan fingerprint density at radius 2 is 1.83 bits per heavy atom. The highest BCUT2D eigenvalue weighted by molar-refractivity contribution is 5.92. The molecule has 1 N–H and O–H groups in total. The Hall–Kier alpha value is -1.84. The van der Waals surface area contributed by atoms with Gasteiger partial charge >= 0.3 is 5.97 Å². The van der Waals surface area contributed by atoms with Crippen molar-refractivity contribution >= 4 is 17.6 Å². The molecule has 98 valence electrons. The number of rotatable bonds is 6. The highest BCUT2D eigenvalue weighted by Gasteiger charge is 2.06. The number of aryl methyl sites for hydroxylation is 1. The Bertz CT molecular complexity index is 398. The molecule has 1 rings (SSSR count). The second kappa shape index (κ2) is 7.48. The highest BCUT2D eigenvalue weighted by atomic mass is 16.5. The molecule has 1 aromatic carbocycles. The minimum atomic E-state index is -0.339. The summed E-state index contributed by atoms with van der Waals surface area (Å²) in [4.78, 5) is 22.6. The van der Waals surface area contributed by atoms with Gasteiger partial charge in [-0.3, -0.25) is 9.59 Å². The van der Waals surface area contributed by atoms with Crippen LogP contribution in [-0.4, -0.2) is 18.5 Å². The molecule has 0 aliphatic carbocycles. The van der Waals surface area contributed by atoms with Gasteiger partial charge in [0, 0.05) is 12.1 Å². The van der Waals surface area contributed by atoms with Crippen molar-refractivity contribution in [3.8, 4) is 0 Å². The van der Waals surface area contributed by atoms with Crippen molar-refractivity contribution < 1.29 is 14.3 Å². The number of esters is 1. The first kappa shape index (κ1) is 14.2. The standard InChI is InChI=1S/C14H19NO3/c1-3-5-14(17)18-10-13(16)15-12-8-6-11(4-2)7-9-12/h6-9H,3-5,10H2,1-2H3,(H,15,16). The number of hydrogen-bond acceptors (Lipinski definition) is 3. The smallest absolute Gasteiger partial charge is 0.306 e. The monoisotopic (exact) mass is 249 g/mol. The quantitative estimate of drug-likeness (QED) is 0.788. The third-order valence-electron chi connectivity index (χ3n) is 2.46. The average Bonchev–Trinajstić information content (AvgIpc) is 2.38. The van der Waals surface area contributed by atoms with Crippen LogP contribution in [0.15, 0.2) is 24.3 Å². The van der Waals surface area contributed by atoms with Crippen molar-refractivity contribution in [1.29, 1.82) is 0 Å². The second-order valence-corrected chi connectivity index (χ2v) is 4.01. The molecule has 0 saturated heterocycles. The van der Waals surface area contributed by atoms with Gasteiger partial charge < -0.3 is 10.1 Å². The number of carbonyl (C=O) groups excluding carboxylic acids is 2. The van der Waals surface area contributed by atoms with E-state index in [1.54, 1.807) is 0 Å². The Labute approximate surface area is 107 Å². The molecule has 0 aliphatic rings. The van der Waals surface area contributed by atoms with Crippen LogP contribution in [0.3, 0.4) is 0 Å². The number of hydrogen-bond donors (Lipinski definition) is 1. The van der Waals surface area contributed by atoms with Gasteiger partial charge in [0.1, 0.15) is 0 Å². The molecule has 0 aromatic heterocycles. The average molecular weight is 249 g/mol. The normalized spacial score (nSPS) is 9.89. The molecular formula is C14H19NO3. The lowest BCUT2D eigenvalue weighted by molar-refractivity contribution is -0.147. The van der Waals surface area contributed by atoms with Crippen molar-refractivity contribution in [1.82, 2.24) is 0 Å². The van der Waals surface area contributed by atoms with Gasteiger partial charge in [-0.1, -0.05) is 26.0 Å². The predicted octanol–water partition coefficient (Wildman–Crippen LogP) is 2.53. The van der Waals surface area contributed by atoms with Crippen LogP contribution in [0, 0.1) is 0 Å². The maximum absolute atomic E-state index is 11.5. The van der Waals surface area contributed by atoms with Crippen molar-refractivity contribution in [2.45, 2.75) is 33.1 Å². The van der Waals surface area contributed by atoms with Crippen molar-refractivity contribution in [3.05, 3.63) is 29.8 Å². The van der Waals surface area contributed by atoms with E-state index in [0.29, 0.717) is 12.1 Å². The van der Waals surface area contributed by atoms with E-state index in [-0.39, 0.29) is 18.5 Å². The fourth-order valence-electron chi connectivity index (χ4n) is 1.44. The van der Waals surface area contributed by atoms with E-state index in [2.05, 4.69) is 12.2 Å². The Morgan fingerprint density at radius 1 is 1.17 bits per heavy atom. The zero-order valence-electron chi connectivity index (χ0n) is 10.9. The fourth-order valence-corrected chi connectivity index (χ4v) is 1.44. The molecule has 0 radical (unpaired) electrons. The first-order chi connectivity index (χ1) is 8.65. The van der Waals surface area contributed by atoms with Gasteiger partial charge in [-0.15, -0.1) is 0 Å². The summed E-state index contributed by atoms with van der Waals surface area (Å²) in [5.74, 6) is -0.655. The summed E-state index contributed by atoms with van der Waals surface area (Å²) in [6, 6.07) is 7.59. The molecule has 0 fully saturated rings. The van der Waals surface area contributed by atoms with Crippen LogP contribution in [0.4, 0.5) is 5.69 Å². The van der Waals surface area contributed by atoms with Crippen LogP contribution in [0.1, 0.15) is 32.3 Å². The van der Waals surface area contributed by atoms with E-state index < -0.39 is 0 Å². The first-order valence-electron chi connectivity index (χ1n) is 6.20. The number of amides is 1. The summed E-state index contributed by atoms with van der Waals surface area (Å²) in [7, 11) is 0. The van der Waals surface area contributed by atoms with E-state index >= 15 is 0 Å². The summed E-state index contributed by atoms with van der Waals surface area (Å²) in [5.41, 5.74) is 1.92. The summed E-state index contributed by atoms with van der Waals surface area (Å²) in [5, 5.41) is 2.67. The van der Waals surface area contributed by atoms with Gasteiger partial charge in [-0.25, -0.2) is 0 Å². The SMILES string of the molecule is CCCC(=O)OCC(=O)Nc1ccc(CC)cc1. The largest absolute Gasteiger partial charge is 0.456 e. The predicted molar refractivity (Wildman–Crippen MR) is 70.3 cm³/mol. The number of anilines is 1. The van der Waals surface area contributed by atoms with Crippen LogP contribution >= 0.6 is 0 Å². The highest BCUT2D eigenvalue weighted by Crippen LogP contribution is 2.09. The van der Waals surface area contributed by atoms with E-state index in [9.17, 15) is 9.59 Å². The number of nitrogens with one attached hydrogen (secondary N) is 1. The van der Waals surface area contributed by atoms with Crippen molar-refractivity contribution in [2.24, 2.45) is 0 Å². The summed E-state index contributed by atoms with van der Waals surface area (Å²) >= 11 is 0. The third kappa shape index (κ3) is 4.99. The van der Waals surface area contributed by atoms with Crippen LogP contribution in [0.5, 0.6) is 0 Å². The fraction of sp³-hybridized carbons (Fsp3) is 0.429. The Kier molecular flexibility index (Phi) is 5.91. The molecule has 1 amide bonds. The van der Waals surface area contributed by atoms with Gasteiger partial charge in [0.2, 0.25) is 0 Å². The van der Waals surface area contributed by atoms with Crippen LogP contribution in [0.2, 0.25) is 0 Å². The van der Waals surface area contributed by atoms with E-state index in [0.717, 1.165) is 12.8 Å². The number of carbonyl (C=O) groups is 2. The molecule has 0 atom stereocenters. The molecule has 0 unspecified atom stereocenters. The molecule has 4 heteroatoms. The van der Waals surface area contributed by atoms with Gasteiger partial charge in [0.05, 0.1) is 0 Å². The molecule has 0 aliphatic heterocycles. The Balaban J connectivity index is 2.37. The zero-order valence-corrected chi connectivity index (χ0v) is 10.9. The zero-order chi connectivity index (χ0) is 13.4. The van der Waals surface area contributed by atoms with Crippen molar-refractivity contribution in [3.63, 3.8) is 0 Å². The molecule has 0 bridgehead atoms. The van der Waals surface area contributed by atoms with Gasteiger partial charge in [-0.05, 0) is 30.5 Å². The minimum Gasteiger partial charge on any atom is -0.456 e. The second-order valence-electron chi connectivity index (χ2n) is 4.01. The van der Waals surface area contributed by atoms with Gasteiger partial charge in [0.15, 0.2) is 6.61 Å². The van der Waals surface area contributed by atoms with Crippen molar-refractivity contribution in [2.75, 3.05) is 11.9 Å². The molecule has 0 heterocycles. The maximum Gasteiger partial charge on any atom is 0.306 e. The lowest BCUT2D eigenvalue weighted by atomic mass is 10.1. The minimum absolute atomic E-state index is 0.228. The number of ether oxygens (including phenoxy) is 1. The lowest BCUT2D eigenvalue weighted by Crippen LogP contribution is -2.20. The van der Waals surface area contributed by atoms with E-state index in [1.165, 1.54) is 5.56 Å². The molecule has 4 nitrogen and oxygen atoms in total. The van der Waals surface area contributed by atoms with Gasteiger partial charge in [0.25, 0.3) is 5.91 Å².